The van der Waals surface area contributed by atoms with Gasteiger partial charge in [0.25, 0.3) is 0 Å². The van der Waals surface area contributed by atoms with Crippen molar-refractivity contribution in [1.29, 1.82) is 0 Å². The van der Waals surface area contributed by atoms with Crippen LogP contribution in [0.15, 0.2) is 11.6 Å². The van der Waals surface area contributed by atoms with Crippen molar-refractivity contribution in [3.05, 3.63) is 11.6 Å². The summed E-state index contributed by atoms with van der Waals surface area (Å²) < 4.78 is 5.22. The molecule has 1 aliphatic heterocycles. The van der Waals surface area contributed by atoms with Crippen LogP contribution >= 0.6 is 24.0 Å². The van der Waals surface area contributed by atoms with E-state index in [2.05, 4.69) is 17.2 Å². The van der Waals surface area contributed by atoms with Crippen molar-refractivity contribution in [1.82, 2.24) is 10.6 Å². The van der Waals surface area contributed by atoms with Crippen LogP contribution in [0, 0.1) is 0 Å². The van der Waals surface area contributed by atoms with Crippen molar-refractivity contribution in [3.63, 3.8) is 0 Å². The summed E-state index contributed by atoms with van der Waals surface area (Å²) in [6.07, 6.45) is 0.185. The number of nitrogens with one attached hydrogen (secondary N) is 2. The van der Waals surface area contributed by atoms with Crippen molar-refractivity contribution in [3.8, 4) is 0 Å². The number of halogens is 2. The van der Waals surface area contributed by atoms with Gasteiger partial charge < -0.3 is 15.4 Å². The first-order chi connectivity index (χ1) is 6.18. The van der Waals surface area contributed by atoms with E-state index in [0.29, 0.717) is 11.6 Å². The lowest BCUT2D eigenvalue weighted by Crippen LogP contribution is -2.49. The summed E-state index contributed by atoms with van der Waals surface area (Å²) in [6.45, 7) is 5.50. The second-order valence-corrected chi connectivity index (χ2v) is 3.42. The molecule has 0 aromatic rings. The summed E-state index contributed by atoms with van der Waals surface area (Å²) in [4.78, 5) is 11.0. The predicted octanol–water partition coefficient (Wildman–Crippen LogP) is 0.265. The minimum absolute atomic E-state index is 0. The molecule has 2 N–H and O–H groups in total. The van der Waals surface area contributed by atoms with E-state index in [1.54, 1.807) is 0 Å². The van der Waals surface area contributed by atoms with Crippen LogP contribution < -0.4 is 10.6 Å². The first-order valence-corrected chi connectivity index (χ1v) is 4.48. The quantitative estimate of drug-likeness (QED) is 0.726. The molecular weight excluding hydrogens is 227 g/mol. The lowest BCUT2D eigenvalue weighted by molar-refractivity contribution is -0.128. The summed E-state index contributed by atoms with van der Waals surface area (Å²) in [5.41, 5.74) is 0. The van der Waals surface area contributed by atoms with Crippen molar-refractivity contribution in [2.75, 3.05) is 26.2 Å². The Bertz CT molecular complexity index is 208. The standard InChI is InChI=1S/C8H13ClN2O2.ClH/c1-6(9)2-11-8(12)5-13-7-3-10-4-7;/h7,10H,1-5H2,(H,11,12);1H. The van der Waals surface area contributed by atoms with Crippen LogP contribution in [0.4, 0.5) is 0 Å². The van der Waals surface area contributed by atoms with Crippen LogP contribution in [-0.4, -0.2) is 38.3 Å². The van der Waals surface area contributed by atoms with E-state index in [4.69, 9.17) is 16.3 Å². The number of hydrogen-bond acceptors (Lipinski definition) is 3. The van der Waals surface area contributed by atoms with E-state index in [1.165, 1.54) is 0 Å². The highest BCUT2D eigenvalue weighted by molar-refractivity contribution is 6.29. The maximum Gasteiger partial charge on any atom is 0.246 e. The molecule has 1 saturated heterocycles. The number of ether oxygens (including phenoxy) is 1. The molecule has 0 unspecified atom stereocenters. The molecular formula is C8H14Cl2N2O2. The molecule has 0 bridgehead atoms. The molecule has 4 nitrogen and oxygen atoms in total. The molecule has 1 heterocycles. The van der Waals surface area contributed by atoms with Crippen LogP contribution in [0.2, 0.25) is 0 Å². The third-order valence-corrected chi connectivity index (χ3v) is 1.81. The highest BCUT2D eigenvalue weighted by Crippen LogP contribution is 1.97. The van der Waals surface area contributed by atoms with Gasteiger partial charge in [-0.25, -0.2) is 0 Å². The van der Waals surface area contributed by atoms with Crippen molar-refractivity contribution in [2.45, 2.75) is 6.10 Å². The SMILES string of the molecule is C=C(Cl)CNC(=O)COC1CNC1.Cl. The van der Waals surface area contributed by atoms with Gasteiger partial charge in [-0.05, 0) is 0 Å². The molecule has 14 heavy (non-hydrogen) atoms. The molecule has 1 fully saturated rings. The molecule has 0 aliphatic carbocycles. The van der Waals surface area contributed by atoms with E-state index in [-0.39, 0.29) is 31.0 Å². The van der Waals surface area contributed by atoms with Gasteiger partial charge in [0.2, 0.25) is 5.91 Å². The summed E-state index contributed by atoms with van der Waals surface area (Å²) in [7, 11) is 0. The number of carbonyl (C=O) groups is 1. The molecule has 0 atom stereocenters. The fraction of sp³-hybridized carbons (Fsp3) is 0.625. The molecule has 0 aromatic heterocycles. The normalized spacial score (nSPS) is 15.2. The minimum Gasteiger partial charge on any atom is -0.366 e. The summed E-state index contributed by atoms with van der Waals surface area (Å²) in [5.74, 6) is -0.159. The van der Waals surface area contributed by atoms with Gasteiger partial charge >= 0.3 is 0 Å². The maximum atomic E-state index is 11.0. The van der Waals surface area contributed by atoms with Gasteiger partial charge in [-0.1, -0.05) is 18.2 Å². The van der Waals surface area contributed by atoms with Crippen LogP contribution in [0.25, 0.3) is 0 Å². The second-order valence-electron chi connectivity index (χ2n) is 2.89. The molecule has 1 aliphatic rings. The van der Waals surface area contributed by atoms with E-state index in [1.807, 2.05) is 0 Å². The Hall–Kier alpha value is -0.290. The fourth-order valence-electron chi connectivity index (χ4n) is 0.819. The van der Waals surface area contributed by atoms with E-state index in [0.717, 1.165) is 13.1 Å². The van der Waals surface area contributed by atoms with E-state index in [9.17, 15) is 4.79 Å². The first kappa shape index (κ1) is 13.7. The molecule has 0 radical (unpaired) electrons. The Kier molecular flexibility index (Phi) is 6.92. The summed E-state index contributed by atoms with van der Waals surface area (Å²) in [6, 6.07) is 0. The van der Waals surface area contributed by atoms with Gasteiger partial charge in [0.15, 0.2) is 0 Å². The smallest absolute Gasteiger partial charge is 0.246 e. The molecule has 1 amide bonds. The molecule has 1 rings (SSSR count). The van der Waals surface area contributed by atoms with Gasteiger partial charge in [0, 0.05) is 18.1 Å². The Morgan fingerprint density at radius 1 is 1.64 bits per heavy atom. The van der Waals surface area contributed by atoms with Crippen LogP contribution in [0.5, 0.6) is 0 Å². The maximum absolute atomic E-state index is 11.0. The minimum atomic E-state index is -0.159. The lowest BCUT2D eigenvalue weighted by Gasteiger charge is -2.26. The molecule has 0 spiro atoms. The average Bonchev–Trinajstić information content (AvgIpc) is 1.98. The summed E-state index contributed by atoms with van der Waals surface area (Å²) in [5, 5.41) is 6.03. The zero-order valence-electron chi connectivity index (χ0n) is 7.72. The van der Waals surface area contributed by atoms with Gasteiger partial charge in [-0.3, -0.25) is 4.79 Å². The van der Waals surface area contributed by atoms with Gasteiger partial charge in [-0.2, -0.15) is 0 Å². The van der Waals surface area contributed by atoms with E-state index >= 15 is 0 Å². The molecule has 0 aromatic carbocycles. The third-order valence-electron chi connectivity index (χ3n) is 1.67. The third kappa shape index (κ3) is 5.44. The van der Waals surface area contributed by atoms with Crippen molar-refractivity contribution in [2.24, 2.45) is 0 Å². The first-order valence-electron chi connectivity index (χ1n) is 4.11. The predicted molar refractivity (Wildman–Crippen MR) is 57.9 cm³/mol. The molecule has 6 heteroatoms. The number of hydrogen-bond donors (Lipinski definition) is 2. The average molecular weight is 241 g/mol. The zero-order chi connectivity index (χ0) is 9.68. The van der Waals surface area contributed by atoms with Gasteiger partial charge in [0.05, 0.1) is 12.6 Å². The second kappa shape index (κ2) is 7.06. The monoisotopic (exact) mass is 240 g/mol. The highest BCUT2D eigenvalue weighted by atomic mass is 35.5. The topological polar surface area (TPSA) is 50.4 Å². The molecule has 82 valence electrons. The number of amides is 1. The molecule has 0 saturated carbocycles. The van der Waals surface area contributed by atoms with Crippen LogP contribution in [-0.2, 0) is 9.53 Å². The Labute approximate surface area is 94.4 Å². The van der Waals surface area contributed by atoms with Gasteiger partial charge in [-0.15, -0.1) is 12.4 Å². The zero-order valence-corrected chi connectivity index (χ0v) is 9.29. The Balaban J connectivity index is 0.00000169. The summed E-state index contributed by atoms with van der Waals surface area (Å²) >= 11 is 5.46. The largest absolute Gasteiger partial charge is 0.366 e. The van der Waals surface area contributed by atoms with Gasteiger partial charge in [0.1, 0.15) is 6.61 Å². The van der Waals surface area contributed by atoms with Crippen LogP contribution in [0.3, 0.4) is 0 Å². The van der Waals surface area contributed by atoms with Crippen molar-refractivity contribution >= 4 is 29.9 Å². The fourth-order valence-corrected chi connectivity index (χ4v) is 0.886. The lowest BCUT2D eigenvalue weighted by atomic mass is 10.2. The Morgan fingerprint density at radius 2 is 2.29 bits per heavy atom. The number of carbonyl (C=O) groups excluding carboxylic acids is 1. The number of rotatable bonds is 5. The highest BCUT2D eigenvalue weighted by Gasteiger charge is 2.17. The Morgan fingerprint density at radius 3 is 2.71 bits per heavy atom. The van der Waals surface area contributed by atoms with Crippen molar-refractivity contribution < 1.29 is 9.53 Å². The van der Waals surface area contributed by atoms with Crippen LogP contribution in [0.1, 0.15) is 0 Å². The van der Waals surface area contributed by atoms with E-state index < -0.39 is 0 Å².